The van der Waals surface area contributed by atoms with Crippen molar-refractivity contribution in [3.8, 4) is 11.5 Å². The highest BCUT2D eigenvalue weighted by Crippen LogP contribution is 2.36. The van der Waals surface area contributed by atoms with E-state index in [0.29, 0.717) is 21.3 Å². The standard InChI is InChI=1S/C24H21BrN2O4/c1-16-8-10-19(11-9-16)24(29)31-23-20(25)12-18(13-21(23)30-2)15-26-27-22(28)14-17-6-4-3-5-7-17/h3-13,15H,14H2,1-2H3,(H,27,28)/b26-15-. The van der Waals surface area contributed by atoms with Gasteiger partial charge in [0.25, 0.3) is 0 Å². The van der Waals surface area contributed by atoms with Crippen LogP contribution in [0.1, 0.15) is 27.0 Å². The Morgan fingerprint density at radius 3 is 2.45 bits per heavy atom. The number of nitrogens with one attached hydrogen (secondary N) is 1. The van der Waals surface area contributed by atoms with Gasteiger partial charge in [0.15, 0.2) is 11.5 Å². The first-order valence-electron chi connectivity index (χ1n) is 9.48. The summed E-state index contributed by atoms with van der Waals surface area (Å²) in [4.78, 5) is 24.5. The molecule has 0 aliphatic carbocycles. The van der Waals surface area contributed by atoms with Gasteiger partial charge in [-0.15, -0.1) is 0 Å². The van der Waals surface area contributed by atoms with E-state index in [1.807, 2.05) is 49.4 Å². The third-order valence-electron chi connectivity index (χ3n) is 4.34. The average molecular weight is 481 g/mol. The molecular weight excluding hydrogens is 460 g/mol. The monoisotopic (exact) mass is 480 g/mol. The largest absolute Gasteiger partial charge is 0.493 e. The molecule has 0 heterocycles. The number of amides is 1. The molecule has 0 bridgehead atoms. The number of carbonyl (C=O) groups excluding carboxylic acids is 2. The molecule has 0 aromatic heterocycles. The van der Waals surface area contributed by atoms with Crippen molar-refractivity contribution in [2.45, 2.75) is 13.3 Å². The lowest BCUT2D eigenvalue weighted by atomic mass is 10.1. The van der Waals surface area contributed by atoms with Crippen LogP contribution in [0.25, 0.3) is 0 Å². The summed E-state index contributed by atoms with van der Waals surface area (Å²) >= 11 is 3.41. The third kappa shape index (κ3) is 6.26. The van der Waals surface area contributed by atoms with Crippen molar-refractivity contribution in [3.05, 3.63) is 93.5 Å². The Balaban J connectivity index is 1.68. The highest BCUT2D eigenvalue weighted by molar-refractivity contribution is 9.10. The molecule has 31 heavy (non-hydrogen) atoms. The molecule has 7 heteroatoms. The van der Waals surface area contributed by atoms with Crippen molar-refractivity contribution in [2.24, 2.45) is 5.10 Å². The van der Waals surface area contributed by atoms with Crippen LogP contribution in [0.2, 0.25) is 0 Å². The van der Waals surface area contributed by atoms with Gasteiger partial charge in [-0.25, -0.2) is 10.2 Å². The smallest absolute Gasteiger partial charge is 0.343 e. The summed E-state index contributed by atoms with van der Waals surface area (Å²) < 4.78 is 11.4. The Labute approximate surface area is 189 Å². The van der Waals surface area contributed by atoms with Crippen LogP contribution in [-0.2, 0) is 11.2 Å². The molecule has 3 aromatic rings. The maximum Gasteiger partial charge on any atom is 0.343 e. The topological polar surface area (TPSA) is 77.0 Å². The van der Waals surface area contributed by atoms with Crippen LogP contribution in [-0.4, -0.2) is 25.2 Å². The molecule has 0 aliphatic rings. The van der Waals surface area contributed by atoms with E-state index in [-0.39, 0.29) is 18.1 Å². The number of hydrogen-bond donors (Lipinski definition) is 1. The second-order valence-electron chi connectivity index (χ2n) is 6.75. The summed E-state index contributed by atoms with van der Waals surface area (Å²) in [7, 11) is 1.48. The number of hydrazone groups is 1. The highest BCUT2D eigenvalue weighted by Gasteiger charge is 2.16. The van der Waals surface area contributed by atoms with E-state index in [1.165, 1.54) is 13.3 Å². The Morgan fingerprint density at radius 1 is 1.06 bits per heavy atom. The first kappa shape index (κ1) is 22.2. The van der Waals surface area contributed by atoms with Gasteiger partial charge in [0, 0.05) is 0 Å². The van der Waals surface area contributed by atoms with Gasteiger partial charge >= 0.3 is 5.97 Å². The number of nitrogens with zero attached hydrogens (tertiary/aromatic N) is 1. The second kappa shape index (κ2) is 10.5. The number of rotatable bonds is 7. The van der Waals surface area contributed by atoms with Crippen molar-refractivity contribution < 1.29 is 19.1 Å². The first-order valence-corrected chi connectivity index (χ1v) is 10.3. The third-order valence-corrected chi connectivity index (χ3v) is 4.93. The van der Waals surface area contributed by atoms with Gasteiger partial charge in [0.2, 0.25) is 5.91 Å². The minimum atomic E-state index is -0.492. The molecule has 0 radical (unpaired) electrons. The molecule has 3 rings (SSSR count). The fourth-order valence-corrected chi connectivity index (χ4v) is 3.29. The summed E-state index contributed by atoms with van der Waals surface area (Å²) in [5, 5.41) is 3.99. The zero-order valence-electron chi connectivity index (χ0n) is 17.1. The number of esters is 1. The maximum absolute atomic E-state index is 12.5. The lowest BCUT2D eigenvalue weighted by Crippen LogP contribution is -2.19. The van der Waals surface area contributed by atoms with E-state index < -0.39 is 5.97 Å². The van der Waals surface area contributed by atoms with Gasteiger partial charge in [-0.2, -0.15) is 5.10 Å². The molecule has 0 saturated carbocycles. The van der Waals surface area contributed by atoms with Gasteiger partial charge in [-0.3, -0.25) is 4.79 Å². The van der Waals surface area contributed by atoms with Crippen molar-refractivity contribution in [1.82, 2.24) is 5.43 Å². The van der Waals surface area contributed by atoms with E-state index in [2.05, 4.69) is 26.5 Å². The minimum absolute atomic E-state index is 0.225. The van der Waals surface area contributed by atoms with E-state index >= 15 is 0 Å². The Morgan fingerprint density at radius 2 is 1.77 bits per heavy atom. The summed E-state index contributed by atoms with van der Waals surface area (Å²) in [6.45, 7) is 1.94. The fourth-order valence-electron chi connectivity index (χ4n) is 2.75. The van der Waals surface area contributed by atoms with Crippen LogP contribution in [0.15, 0.2) is 76.3 Å². The predicted octanol–water partition coefficient (Wildman–Crippen LogP) is 4.68. The fraction of sp³-hybridized carbons (Fsp3) is 0.125. The van der Waals surface area contributed by atoms with Crippen LogP contribution in [0.4, 0.5) is 0 Å². The van der Waals surface area contributed by atoms with E-state index in [4.69, 9.17) is 9.47 Å². The quantitative estimate of drug-likeness (QED) is 0.230. The van der Waals surface area contributed by atoms with Crippen LogP contribution in [0.5, 0.6) is 11.5 Å². The maximum atomic E-state index is 12.5. The Hall–Kier alpha value is -3.45. The van der Waals surface area contributed by atoms with Gasteiger partial charge in [0.05, 0.1) is 29.8 Å². The molecule has 158 valence electrons. The second-order valence-corrected chi connectivity index (χ2v) is 7.60. The van der Waals surface area contributed by atoms with E-state index in [0.717, 1.165) is 11.1 Å². The first-order chi connectivity index (χ1) is 15.0. The molecule has 0 fully saturated rings. The number of benzene rings is 3. The molecule has 0 saturated heterocycles. The van der Waals surface area contributed by atoms with Gasteiger partial charge in [-0.05, 0) is 58.2 Å². The Bertz CT molecular complexity index is 1100. The number of methoxy groups -OCH3 is 1. The minimum Gasteiger partial charge on any atom is -0.493 e. The van der Waals surface area contributed by atoms with Crippen molar-refractivity contribution >= 4 is 34.0 Å². The number of halogens is 1. The zero-order valence-corrected chi connectivity index (χ0v) is 18.7. The lowest BCUT2D eigenvalue weighted by Gasteiger charge is -2.12. The molecule has 1 amide bonds. The lowest BCUT2D eigenvalue weighted by molar-refractivity contribution is -0.120. The van der Waals surface area contributed by atoms with Crippen molar-refractivity contribution in [1.29, 1.82) is 0 Å². The molecule has 1 N–H and O–H groups in total. The summed E-state index contributed by atoms with van der Waals surface area (Å²) in [6, 6.07) is 19.9. The van der Waals surface area contributed by atoms with Gasteiger partial charge in [-0.1, -0.05) is 48.0 Å². The molecule has 0 atom stereocenters. The highest BCUT2D eigenvalue weighted by atomic mass is 79.9. The summed E-state index contributed by atoms with van der Waals surface area (Å²) in [6.07, 6.45) is 1.72. The molecule has 0 spiro atoms. The van der Waals surface area contributed by atoms with E-state index in [9.17, 15) is 9.59 Å². The molecule has 0 unspecified atom stereocenters. The number of ether oxygens (including phenoxy) is 2. The van der Waals surface area contributed by atoms with Crippen LogP contribution in [0, 0.1) is 6.92 Å². The van der Waals surface area contributed by atoms with Gasteiger partial charge < -0.3 is 9.47 Å². The van der Waals surface area contributed by atoms with Crippen molar-refractivity contribution in [3.63, 3.8) is 0 Å². The molecular formula is C24H21BrN2O4. The summed E-state index contributed by atoms with van der Waals surface area (Å²) in [5.41, 5.74) is 5.54. The van der Waals surface area contributed by atoms with E-state index in [1.54, 1.807) is 24.3 Å². The molecule has 0 aliphatic heterocycles. The Kier molecular flexibility index (Phi) is 7.56. The van der Waals surface area contributed by atoms with Crippen molar-refractivity contribution in [2.75, 3.05) is 7.11 Å². The number of carbonyl (C=O) groups is 2. The van der Waals surface area contributed by atoms with Crippen LogP contribution >= 0.6 is 15.9 Å². The van der Waals surface area contributed by atoms with Gasteiger partial charge in [0.1, 0.15) is 0 Å². The zero-order chi connectivity index (χ0) is 22.2. The number of hydrogen-bond acceptors (Lipinski definition) is 5. The predicted molar refractivity (Wildman–Crippen MR) is 123 cm³/mol. The number of aryl methyl sites for hydroxylation is 1. The normalized spacial score (nSPS) is 10.7. The molecule has 3 aromatic carbocycles. The average Bonchev–Trinajstić information content (AvgIpc) is 2.76. The SMILES string of the molecule is COc1cc(/C=N\NC(=O)Cc2ccccc2)cc(Br)c1OC(=O)c1ccc(C)cc1. The molecule has 6 nitrogen and oxygen atoms in total. The summed E-state index contributed by atoms with van der Waals surface area (Å²) in [5.74, 6) is -0.101. The van der Waals surface area contributed by atoms with Crippen LogP contribution < -0.4 is 14.9 Å². The van der Waals surface area contributed by atoms with Crippen LogP contribution in [0.3, 0.4) is 0 Å².